The molecule has 0 spiro atoms. The Bertz CT molecular complexity index is 539. The predicted molar refractivity (Wildman–Crippen MR) is 84.7 cm³/mol. The Morgan fingerprint density at radius 1 is 1.05 bits per heavy atom. The molecule has 0 heterocycles. The van der Waals surface area contributed by atoms with E-state index in [0.29, 0.717) is 6.04 Å². The number of para-hydroxylation sites is 1. The summed E-state index contributed by atoms with van der Waals surface area (Å²) in [7, 11) is 3.71. The monoisotopic (exact) mass is 289 g/mol. The van der Waals surface area contributed by atoms with Crippen LogP contribution in [0.1, 0.15) is 11.1 Å². The molecule has 0 aliphatic rings. The third-order valence-corrected chi connectivity index (χ3v) is 3.71. The number of hydrogen-bond acceptors (Lipinski definition) is 2. The van der Waals surface area contributed by atoms with Crippen molar-refractivity contribution in [1.82, 2.24) is 5.32 Å². The van der Waals surface area contributed by atoms with E-state index in [2.05, 4.69) is 23.5 Å². The van der Waals surface area contributed by atoms with Gasteiger partial charge in [0.25, 0.3) is 0 Å². The molecule has 2 rings (SSSR count). The normalized spacial score (nSPS) is 12.2. The molecule has 106 valence electrons. The molecule has 20 heavy (non-hydrogen) atoms. The number of likely N-dealkylation sites (N-methyl/N-ethyl adjacent to an activating group) is 1. The van der Waals surface area contributed by atoms with Crippen molar-refractivity contribution in [3.63, 3.8) is 0 Å². The predicted octanol–water partition coefficient (Wildman–Crippen LogP) is 3.72. The first-order valence-electron chi connectivity index (χ1n) is 6.76. The topological polar surface area (TPSA) is 21.3 Å². The van der Waals surface area contributed by atoms with Crippen molar-refractivity contribution in [2.45, 2.75) is 18.9 Å². The first-order valence-corrected chi connectivity index (χ1v) is 7.14. The van der Waals surface area contributed by atoms with E-state index in [0.717, 1.165) is 23.6 Å². The van der Waals surface area contributed by atoms with E-state index in [4.69, 9.17) is 16.3 Å². The molecule has 0 radical (unpaired) electrons. The summed E-state index contributed by atoms with van der Waals surface area (Å²) in [6.45, 7) is 0. The molecule has 0 aliphatic carbocycles. The van der Waals surface area contributed by atoms with E-state index in [1.165, 1.54) is 11.1 Å². The molecule has 1 unspecified atom stereocenters. The molecule has 1 N–H and O–H groups in total. The summed E-state index contributed by atoms with van der Waals surface area (Å²) >= 11 is 5.92. The average Bonchev–Trinajstić information content (AvgIpc) is 2.49. The molecule has 0 saturated carbocycles. The largest absolute Gasteiger partial charge is 0.496 e. The van der Waals surface area contributed by atoms with Crippen molar-refractivity contribution < 1.29 is 4.74 Å². The van der Waals surface area contributed by atoms with Crippen LogP contribution < -0.4 is 10.1 Å². The molecule has 0 saturated heterocycles. The number of benzene rings is 2. The fourth-order valence-corrected chi connectivity index (χ4v) is 2.44. The highest BCUT2D eigenvalue weighted by Gasteiger charge is 2.11. The molecule has 0 bridgehead atoms. The second kappa shape index (κ2) is 7.32. The first kappa shape index (κ1) is 14.9. The van der Waals surface area contributed by atoms with Crippen LogP contribution in [0.4, 0.5) is 0 Å². The third-order valence-electron chi connectivity index (χ3n) is 3.46. The lowest BCUT2D eigenvalue weighted by Crippen LogP contribution is -2.30. The van der Waals surface area contributed by atoms with Crippen LogP contribution in [0, 0.1) is 0 Å². The van der Waals surface area contributed by atoms with Crippen molar-refractivity contribution >= 4 is 11.6 Å². The van der Waals surface area contributed by atoms with Gasteiger partial charge in [0, 0.05) is 11.1 Å². The highest BCUT2D eigenvalue weighted by atomic mass is 35.5. The lowest BCUT2D eigenvalue weighted by molar-refractivity contribution is 0.406. The molecule has 0 amide bonds. The van der Waals surface area contributed by atoms with E-state index in [1.54, 1.807) is 7.11 Å². The summed E-state index contributed by atoms with van der Waals surface area (Å²) in [5.74, 6) is 0.948. The highest BCUT2D eigenvalue weighted by Crippen LogP contribution is 2.20. The fraction of sp³-hybridized carbons (Fsp3) is 0.294. The fourth-order valence-electron chi connectivity index (χ4n) is 2.32. The third kappa shape index (κ3) is 3.99. The number of methoxy groups -OCH3 is 1. The Morgan fingerprint density at radius 2 is 1.75 bits per heavy atom. The number of rotatable bonds is 6. The Labute approximate surface area is 125 Å². The maximum absolute atomic E-state index is 5.92. The van der Waals surface area contributed by atoms with Crippen LogP contribution in [0.25, 0.3) is 0 Å². The van der Waals surface area contributed by atoms with Crippen molar-refractivity contribution in [1.29, 1.82) is 0 Å². The summed E-state index contributed by atoms with van der Waals surface area (Å²) in [5, 5.41) is 4.15. The van der Waals surface area contributed by atoms with Crippen LogP contribution in [-0.4, -0.2) is 20.2 Å². The van der Waals surface area contributed by atoms with E-state index in [9.17, 15) is 0 Å². The summed E-state index contributed by atoms with van der Waals surface area (Å²) in [5.41, 5.74) is 2.51. The van der Waals surface area contributed by atoms with E-state index in [1.807, 2.05) is 37.4 Å². The van der Waals surface area contributed by atoms with Gasteiger partial charge in [-0.15, -0.1) is 0 Å². The molecule has 0 aliphatic heterocycles. The van der Waals surface area contributed by atoms with Gasteiger partial charge < -0.3 is 10.1 Å². The molecule has 2 nitrogen and oxygen atoms in total. The minimum absolute atomic E-state index is 0.368. The van der Waals surface area contributed by atoms with Gasteiger partial charge in [-0.05, 0) is 49.2 Å². The molecule has 0 aromatic heterocycles. The zero-order chi connectivity index (χ0) is 14.4. The molecule has 1 atom stereocenters. The zero-order valence-corrected chi connectivity index (χ0v) is 12.7. The van der Waals surface area contributed by atoms with Gasteiger partial charge in [-0.2, -0.15) is 0 Å². The minimum Gasteiger partial charge on any atom is -0.496 e. The van der Waals surface area contributed by atoms with Crippen molar-refractivity contribution in [3.05, 3.63) is 64.7 Å². The molecule has 3 heteroatoms. The smallest absolute Gasteiger partial charge is 0.122 e. The summed E-state index contributed by atoms with van der Waals surface area (Å²) in [4.78, 5) is 0. The van der Waals surface area contributed by atoms with E-state index in [-0.39, 0.29) is 0 Å². The lowest BCUT2D eigenvalue weighted by Gasteiger charge is -2.18. The molecular formula is C17H20ClNO. The maximum Gasteiger partial charge on any atom is 0.122 e. The lowest BCUT2D eigenvalue weighted by atomic mass is 9.98. The van der Waals surface area contributed by atoms with Gasteiger partial charge in [0.05, 0.1) is 7.11 Å². The van der Waals surface area contributed by atoms with Crippen LogP contribution >= 0.6 is 11.6 Å². The maximum atomic E-state index is 5.92. The zero-order valence-electron chi connectivity index (χ0n) is 11.9. The second-order valence-corrected chi connectivity index (χ2v) is 5.27. The summed E-state index contributed by atoms with van der Waals surface area (Å²) < 4.78 is 5.41. The Hall–Kier alpha value is -1.51. The standard InChI is InChI=1S/C17H20ClNO/c1-19-16(11-13-7-9-15(18)10-8-13)12-14-5-3-4-6-17(14)20-2/h3-10,16,19H,11-12H2,1-2H3. The van der Waals surface area contributed by atoms with Gasteiger partial charge in [-0.3, -0.25) is 0 Å². The Balaban J connectivity index is 2.07. The molecule has 0 fully saturated rings. The van der Waals surface area contributed by atoms with Gasteiger partial charge in [0.1, 0.15) is 5.75 Å². The molecule has 2 aromatic rings. The second-order valence-electron chi connectivity index (χ2n) is 4.83. The van der Waals surface area contributed by atoms with Crippen molar-refractivity contribution in [2.75, 3.05) is 14.2 Å². The van der Waals surface area contributed by atoms with Crippen LogP contribution in [-0.2, 0) is 12.8 Å². The molecule has 2 aromatic carbocycles. The number of ether oxygens (including phenoxy) is 1. The van der Waals surface area contributed by atoms with E-state index >= 15 is 0 Å². The van der Waals surface area contributed by atoms with Crippen molar-refractivity contribution in [2.24, 2.45) is 0 Å². The SMILES string of the molecule is CNC(Cc1ccc(Cl)cc1)Cc1ccccc1OC. The quantitative estimate of drug-likeness (QED) is 0.875. The van der Waals surface area contributed by atoms with Gasteiger partial charge in [-0.25, -0.2) is 0 Å². The average molecular weight is 290 g/mol. The number of hydrogen-bond donors (Lipinski definition) is 1. The summed E-state index contributed by atoms with van der Waals surface area (Å²) in [6, 6.07) is 16.6. The number of nitrogens with one attached hydrogen (secondary N) is 1. The summed E-state index contributed by atoms with van der Waals surface area (Å²) in [6.07, 6.45) is 1.90. The van der Waals surface area contributed by atoms with Gasteiger partial charge in [0.2, 0.25) is 0 Å². The van der Waals surface area contributed by atoms with Crippen LogP contribution in [0.3, 0.4) is 0 Å². The highest BCUT2D eigenvalue weighted by molar-refractivity contribution is 6.30. The minimum atomic E-state index is 0.368. The van der Waals surface area contributed by atoms with Crippen LogP contribution in [0.2, 0.25) is 5.02 Å². The number of halogens is 1. The van der Waals surface area contributed by atoms with Crippen LogP contribution in [0.15, 0.2) is 48.5 Å². The first-order chi connectivity index (χ1) is 9.72. The van der Waals surface area contributed by atoms with E-state index < -0.39 is 0 Å². The van der Waals surface area contributed by atoms with Crippen LogP contribution in [0.5, 0.6) is 5.75 Å². The molecular weight excluding hydrogens is 270 g/mol. The Morgan fingerprint density at radius 3 is 2.40 bits per heavy atom. The Kier molecular flexibility index (Phi) is 5.45. The van der Waals surface area contributed by atoms with Gasteiger partial charge in [-0.1, -0.05) is 41.9 Å². The van der Waals surface area contributed by atoms with Gasteiger partial charge >= 0.3 is 0 Å². The van der Waals surface area contributed by atoms with Gasteiger partial charge in [0.15, 0.2) is 0 Å². The van der Waals surface area contributed by atoms with Crippen molar-refractivity contribution in [3.8, 4) is 5.75 Å².